The van der Waals surface area contributed by atoms with Gasteiger partial charge in [-0.15, -0.1) is 0 Å². The van der Waals surface area contributed by atoms with Crippen molar-refractivity contribution in [3.05, 3.63) is 85.1 Å². The molecular weight excluding hydrogens is 673 g/mol. The van der Waals surface area contributed by atoms with Crippen LogP contribution in [0.15, 0.2) is 85.1 Å². The summed E-state index contributed by atoms with van der Waals surface area (Å²) in [6.45, 7) is 6.33. The molecule has 1 unspecified atom stereocenters. The highest BCUT2D eigenvalue weighted by atomic mass is 16.6. The molecule has 6 heteroatoms. The summed E-state index contributed by atoms with van der Waals surface area (Å²) < 4.78 is 16.6. The van der Waals surface area contributed by atoms with Crippen LogP contribution in [0.3, 0.4) is 0 Å². The third-order valence-electron chi connectivity index (χ3n) is 8.79. The molecule has 0 saturated heterocycles. The highest BCUT2D eigenvalue weighted by molar-refractivity contribution is 5.71. The molecule has 0 aliphatic heterocycles. The van der Waals surface area contributed by atoms with Crippen LogP contribution in [-0.4, -0.2) is 37.2 Å². The highest BCUT2D eigenvalue weighted by Crippen LogP contribution is 2.13. The Bertz CT molecular complexity index is 1090. The lowest BCUT2D eigenvalue weighted by Crippen LogP contribution is -2.30. The number of allylic oxidation sites excluding steroid dienone is 14. The van der Waals surface area contributed by atoms with Gasteiger partial charge in [-0.05, 0) is 57.8 Å². The van der Waals surface area contributed by atoms with Gasteiger partial charge in [-0.2, -0.15) is 0 Å². The Morgan fingerprint density at radius 2 is 0.741 bits per heavy atom. The largest absolute Gasteiger partial charge is 0.462 e. The molecule has 54 heavy (non-hydrogen) atoms. The first-order valence-corrected chi connectivity index (χ1v) is 21.7. The standard InChI is InChI=1S/C48H78O6/c1-4-7-10-13-16-19-22-23-24-25-27-29-32-35-38-41-47(50)53-44-45(43-52-46(49)40-37-34-31-28-21-18-15-12-9-6-3)54-48(51)42-39-36-33-30-26-20-17-14-11-8-5-2/h7,10,13-14,16-17,19-20,22-27,45H,4-6,8-9,11-12,15,18,21,28-44H2,1-3H3/b10-7-,16-13-,17-14-,22-19-,24-23-,26-20-,27-25-. The van der Waals surface area contributed by atoms with Crippen molar-refractivity contribution in [2.75, 3.05) is 13.2 Å². The number of carbonyl (C=O) groups is 3. The molecule has 0 saturated carbocycles. The monoisotopic (exact) mass is 751 g/mol. The Morgan fingerprint density at radius 1 is 0.389 bits per heavy atom. The quantitative estimate of drug-likeness (QED) is 0.0272. The van der Waals surface area contributed by atoms with E-state index in [2.05, 4.69) is 57.2 Å². The first-order valence-electron chi connectivity index (χ1n) is 21.7. The van der Waals surface area contributed by atoms with E-state index in [1.54, 1.807) is 0 Å². The minimum absolute atomic E-state index is 0.101. The van der Waals surface area contributed by atoms with E-state index in [4.69, 9.17) is 14.2 Å². The SMILES string of the molecule is CC\C=C/C=C\C=C/C=C\C=C/CCCCCC(=O)OCC(COC(=O)CCCCCCCCCCCC)OC(=O)CCCCC/C=C\C=C/CCCC. The van der Waals surface area contributed by atoms with Crippen LogP contribution < -0.4 is 0 Å². The third-order valence-corrected chi connectivity index (χ3v) is 8.79. The van der Waals surface area contributed by atoms with Crippen LogP contribution in [0.25, 0.3) is 0 Å². The van der Waals surface area contributed by atoms with Crippen LogP contribution in [0, 0.1) is 0 Å². The van der Waals surface area contributed by atoms with Gasteiger partial charge in [-0.3, -0.25) is 14.4 Å². The summed E-state index contributed by atoms with van der Waals surface area (Å²) in [6.07, 6.45) is 52.8. The van der Waals surface area contributed by atoms with E-state index < -0.39 is 6.10 Å². The second kappa shape index (κ2) is 42.3. The average molecular weight is 751 g/mol. The molecule has 0 spiro atoms. The third kappa shape index (κ3) is 39.8. The fourth-order valence-corrected chi connectivity index (χ4v) is 5.50. The Labute approximate surface area is 331 Å². The van der Waals surface area contributed by atoms with E-state index in [9.17, 15) is 14.4 Å². The van der Waals surface area contributed by atoms with Gasteiger partial charge in [0.25, 0.3) is 0 Å². The van der Waals surface area contributed by atoms with Crippen LogP contribution in [0.2, 0.25) is 0 Å². The van der Waals surface area contributed by atoms with Crippen molar-refractivity contribution in [3.8, 4) is 0 Å². The highest BCUT2D eigenvalue weighted by Gasteiger charge is 2.19. The molecule has 0 aromatic rings. The van der Waals surface area contributed by atoms with Gasteiger partial charge in [0.15, 0.2) is 6.10 Å². The topological polar surface area (TPSA) is 78.9 Å². The van der Waals surface area contributed by atoms with Gasteiger partial charge in [0.05, 0.1) is 0 Å². The molecule has 1 atom stereocenters. The molecule has 0 aliphatic carbocycles. The lowest BCUT2D eigenvalue weighted by Gasteiger charge is -2.18. The van der Waals surface area contributed by atoms with E-state index in [0.717, 1.165) is 83.5 Å². The fourth-order valence-electron chi connectivity index (χ4n) is 5.50. The predicted molar refractivity (Wildman–Crippen MR) is 228 cm³/mol. The molecule has 0 aromatic carbocycles. The second-order valence-electron chi connectivity index (χ2n) is 14.0. The van der Waals surface area contributed by atoms with Crippen molar-refractivity contribution in [1.29, 1.82) is 0 Å². The minimum Gasteiger partial charge on any atom is -0.462 e. The van der Waals surface area contributed by atoms with E-state index >= 15 is 0 Å². The lowest BCUT2D eigenvalue weighted by atomic mass is 10.1. The Hall–Kier alpha value is -3.41. The van der Waals surface area contributed by atoms with Crippen molar-refractivity contribution in [3.63, 3.8) is 0 Å². The predicted octanol–water partition coefficient (Wildman–Crippen LogP) is 13.7. The molecule has 306 valence electrons. The van der Waals surface area contributed by atoms with E-state index in [-0.39, 0.29) is 37.5 Å². The minimum atomic E-state index is -0.803. The molecule has 0 bridgehead atoms. The summed E-state index contributed by atoms with van der Waals surface area (Å²) in [7, 11) is 0. The van der Waals surface area contributed by atoms with Crippen molar-refractivity contribution < 1.29 is 28.6 Å². The van der Waals surface area contributed by atoms with Gasteiger partial charge in [0, 0.05) is 19.3 Å². The van der Waals surface area contributed by atoms with E-state index in [1.165, 1.54) is 57.8 Å². The first kappa shape index (κ1) is 50.6. The molecule has 0 aliphatic rings. The summed E-state index contributed by atoms with van der Waals surface area (Å²) in [4.78, 5) is 37.6. The summed E-state index contributed by atoms with van der Waals surface area (Å²) in [5.74, 6) is -0.985. The Morgan fingerprint density at radius 3 is 1.20 bits per heavy atom. The van der Waals surface area contributed by atoms with Crippen LogP contribution in [0.1, 0.15) is 181 Å². The average Bonchev–Trinajstić information content (AvgIpc) is 3.17. The fraction of sp³-hybridized carbons (Fsp3) is 0.646. The van der Waals surface area contributed by atoms with Crippen molar-refractivity contribution in [2.45, 2.75) is 187 Å². The van der Waals surface area contributed by atoms with Gasteiger partial charge in [-0.1, -0.05) is 189 Å². The molecule has 0 rings (SSSR count). The van der Waals surface area contributed by atoms with Crippen molar-refractivity contribution in [1.82, 2.24) is 0 Å². The maximum atomic E-state index is 12.7. The van der Waals surface area contributed by atoms with Gasteiger partial charge in [0.2, 0.25) is 0 Å². The maximum absolute atomic E-state index is 12.7. The summed E-state index contributed by atoms with van der Waals surface area (Å²) in [6, 6.07) is 0. The maximum Gasteiger partial charge on any atom is 0.306 e. The number of unbranched alkanes of at least 4 members (excludes halogenated alkanes) is 17. The number of rotatable bonds is 37. The summed E-state index contributed by atoms with van der Waals surface area (Å²) in [5, 5.41) is 0. The Balaban J connectivity index is 4.51. The lowest BCUT2D eigenvalue weighted by molar-refractivity contribution is -0.167. The van der Waals surface area contributed by atoms with E-state index in [0.29, 0.717) is 12.8 Å². The van der Waals surface area contributed by atoms with Crippen LogP contribution in [-0.2, 0) is 28.6 Å². The molecule has 6 nitrogen and oxygen atoms in total. The van der Waals surface area contributed by atoms with Crippen LogP contribution in [0.4, 0.5) is 0 Å². The van der Waals surface area contributed by atoms with Gasteiger partial charge in [0.1, 0.15) is 13.2 Å². The smallest absolute Gasteiger partial charge is 0.306 e. The Kier molecular flexibility index (Phi) is 39.7. The van der Waals surface area contributed by atoms with Crippen LogP contribution >= 0.6 is 0 Å². The normalized spacial score (nSPS) is 12.9. The van der Waals surface area contributed by atoms with Gasteiger partial charge in [-0.25, -0.2) is 0 Å². The van der Waals surface area contributed by atoms with Crippen molar-refractivity contribution >= 4 is 17.9 Å². The zero-order chi connectivity index (χ0) is 39.4. The molecule has 0 radical (unpaired) electrons. The summed E-state index contributed by atoms with van der Waals surface area (Å²) in [5.41, 5.74) is 0. The van der Waals surface area contributed by atoms with Crippen molar-refractivity contribution in [2.24, 2.45) is 0 Å². The number of esters is 3. The zero-order valence-corrected chi connectivity index (χ0v) is 34.7. The molecule has 0 aromatic heterocycles. The van der Waals surface area contributed by atoms with Crippen LogP contribution in [0.5, 0.6) is 0 Å². The molecule has 0 fully saturated rings. The molecule has 0 N–H and O–H groups in total. The van der Waals surface area contributed by atoms with Gasteiger partial charge < -0.3 is 14.2 Å². The second-order valence-corrected chi connectivity index (χ2v) is 14.0. The molecular formula is C48H78O6. The number of carbonyl (C=O) groups excluding carboxylic acids is 3. The molecule has 0 heterocycles. The number of hydrogen-bond donors (Lipinski definition) is 0. The first-order chi connectivity index (χ1) is 26.5. The zero-order valence-electron chi connectivity index (χ0n) is 34.7. The number of hydrogen-bond acceptors (Lipinski definition) is 6. The van der Waals surface area contributed by atoms with E-state index in [1.807, 2.05) is 48.6 Å². The summed E-state index contributed by atoms with van der Waals surface area (Å²) >= 11 is 0. The van der Waals surface area contributed by atoms with Gasteiger partial charge >= 0.3 is 17.9 Å². The number of ether oxygens (including phenoxy) is 3. The molecule has 0 amide bonds.